The van der Waals surface area contributed by atoms with Crippen molar-refractivity contribution in [2.75, 3.05) is 24.5 Å². The lowest BCUT2D eigenvalue weighted by Gasteiger charge is -2.30. The molecule has 96 valence electrons. The third kappa shape index (κ3) is 1.91. The molecule has 1 amide bonds. The third-order valence-corrected chi connectivity index (χ3v) is 3.63. The predicted molar refractivity (Wildman–Crippen MR) is 63.8 cm³/mol. The number of carbonyl (C=O) groups is 1. The van der Waals surface area contributed by atoms with Crippen molar-refractivity contribution in [2.45, 2.75) is 25.2 Å². The van der Waals surface area contributed by atoms with Crippen LogP contribution in [0.3, 0.4) is 0 Å². The molecule has 0 bridgehead atoms. The summed E-state index contributed by atoms with van der Waals surface area (Å²) in [6.45, 7) is 1.28. The van der Waals surface area contributed by atoms with Gasteiger partial charge in [-0.05, 0) is 12.8 Å². The number of rotatable bonds is 2. The van der Waals surface area contributed by atoms with E-state index in [-0.39, 0.29) is 30.0 Å². The lowest BCUT2D eigenvalue weighted by Crippen LogP contribution is -2.48. The first-order valence-electron chi connectivity index (χ1n) is 6.28. The molecule has 1 saturated carbocycles. The Bertz CT molecular complexity index is 475. The SMILES string of the molecule is O=C1CN(c2ncnc(C3CCC3)c2F)CCN1. The zero-order valence-corrected chi connectivity index (χ0v) is 10.0. The second-order valence-corrected chi connectivity index (χ2v) is 4.80. The summed E-state index contributed by atoms with van der Waals surface area (Å²) in [4.78, 5) is 21.1. The molecule has 5 nitrogen and oxygen atoms in total. The topological polar surface area (TPSA) is 58.1 Å². The molecule has 0 aromatic carbocycles. The van der Waals surface area contributed by atoms with E-state index in [9.17, 15) is 9.18 Å². The smallest absolute Gasteiger partial charge is 0.239 e. The predicted octanol–water partition coefficient (Wildman–Crippen LogP) is 0.819. The van der Waals surface area contributed by atoms with Gasteiger partial charge in [0.15, 0.2) is 11.6 Å². The summed E-state index contributed by atoms with van der Waals surface area (Å²) in [6, 6.07) is 0. The van der Waals surface area contributed by atoms with Crippen molar-refractivity contribution in [1.29, 1.82) is 0 Å². The highest BCUT2D eigenvalue weighted by atomic mass is 19.1. The minimum Gasteiger partial charge on any atom is -0.353 e. The van der Waals surface area contributed by atoms with Crippen LogP contribution in [0.25, 0.3) is 0 Å². The largest absolute Gasteiger partial charge is 0.353 e. The average Bonchev–Trinajstić information content (AvgIpc) is 2.29. The van der Waals surface area contributed by atoms with E-state index in [4.69, 9.17) is 0 Å². The zero-order chi connectivity index (χ0) is 12.5. The van der Waals surface area contributed by atoms with E-state index >= 15 is 0 Å². The van der Waals surface area contributed by atoms with E-state index in [0.29, 0.717) is 18.8 Å². The molecule has 1 N–H and O–H groups in total. The van der Waals surface area contributed by atoms with Crippen molar-refractivity contribution in [3.05, 3.63) is 17.8 Å². The Morgan fingerprint density at radius 2 is 2.22 bits per heavy atom. The number of halogens is 1. The maximum Gasteiger partial charge on any atom is 0.239 e. The molecule has 2 aliphatic rings. The summed E-state index contributed by atoms with van der Waals surface area (Å²) in [5.41, 5.74) is 0.511. The molecule has 1 aliphatic heterocycles. The zero-order valence-electron chi connectivity index (χ0n) is 10.0. The van der Waals surface area contributed by atoms with Crippen molar-refractivity contribution >= 4 is 11.7 Å². The van der Waals surface area contributed by atoms with E-state index in [0.717, 1.165) is 19.3 Å². The van der Waals surface area contributed by atoms with Gasteiger partial charge in [0, 0.05) is 19.0 Å². The lowest BCUT2D eigenvalue weighted by atomic mass is 9.82. The summed E-state index contributed by atoms with van der Waals surface area (Å²) >= 11 is 0. The summed E-state index contributed by atoms with van der Waals surface area (Å²) in [5.74, 6) is 0.0495. The summed E-state index contributed by atoms with van der Waals surface area (Å²) in [7, 11) is 0. The van der Waals surface area contributed by atoms with Gasteiger partial charge in [0.2, 0.25) is 5.91 Å². The summed E-state index contributed by atoms with van der Waals surface area (Å²) in [5, 5.41) is 2.71. The maximum absolute atomic E-state index is 14.4. The molecule has 18 heavy (non-hydrogen) atoms. The average molecular weight is 250 g/mol. The van der Waals surface area contributed by atoms with Crippen LogP contribution >= 0.6 is 0 Å². The normalized spacial score (nSPS) is 20.5. The molecule has 2 heterocycles. The number of anilines is 1. The highest BCUT2D eigenvalue weighted by Crippen LogP contribution is 2.37. The molecule has 0 radical (unpaired) electrons. The molecule has 1 aliphatic carbocycles. The number of aromatic nitrogens is 2. The van der Waals surface area contributed by atoms with Crippen LogP contribution in [0, 0.1) is 5.82 Å². The van der Waals surface area contributed by atoms with Crippen LogP contribution in [-0.4, -0.2) is 35.5 Å². The van der Waals surface area contributed by atoms with Gasteiger partial charge in [-0.15, -0.1) is 0 Å². The van der Waals surface area contributed by atoms with Crippen LogP contribution in [0.5, 0.6) is 0 Å². The number of amides is 1. The molecule has 0 atom stereocenters. The highest BCUT2D eigenvalue weighted by Gasteiger charge is 2.28. The quantitative estimate of drug-likeness (QED) is 0.844. The van der Waals surface area contributed by atoms with Gasteiger partial charge in [0.05, 0.1) is 12.2 Å². The fraction of sp³-hybridized carbons (Fsp3) is 0.583. The van der Waals surface area contributed by atoms with E-state index < -0.39 is 0 Å². The van der Waals surface area contributed by atoms with E-state index in [2.05, 4.69) is 15.3 Å². The Balaban J connectivity index is 1.89. The van der Waals surface area contributed by atoms with Crippen molar-refractivity contribution in [3.8, 4) is 0 Å². The molecular weight excluding hydrogens is 235 g/mol. The van der Waals surface area contributed by atoms with Gasteiger partial charge in [-0.2, -0.15) is 0 Å². The first-order chi connectivity index (χ1) is 8.75. The van der Waals surface area contributed by atoms with Crippen LogP contribution in [-0.2, 0) is 4.79 Å². The van der Waals surface area contributed by atoms with Crippen LogP contribution in [0.2, 0.25) is 0 Å². The van der Waals surface area contributed by atoms with Crippen molar-refractivity contribution < 1.29 is 9.18 Å². The standard InChI is InChI=1S/C12H15FN4O/c13-10-11(8-2-1-3-8)15-7-16-12(10)17-5-4-14-9(18)6-17/h7-8H,1-6H2,(H,14,18). The maximum atomic E-state index is 14.4. The number of hydrogen-bond donors (Lipinski definition) is 1. The second kappa shape index (κ2) is 4.51. The van der Waals surface area contributed by atoms with Crippen LogP contribution in [0.1, 0.15) is 30.9 Å². The fourth-order valence-electron chi connectivity index (χ4n) is 2.38. The molecule has 1 aromatic rings. The summed E-state index contributed by atoms with van der Waals surface area (Å²) in [6.07, 6.45) is 4.52. The van der Waals surface area contributed by atoms with Gasteiger partial charge in [-0.3, -0.25) is 4.79 Å². The molecular formula is C12H15FN4O. The minimum atomic E-state index is -0.350. The van der Waals surface area contributed by atoms with Crippen molar-refractivity contribution in [2.24, 2.45) is 0 Å². The molecule has 3 rings (SSSR count). The van der Waals surface area contributed by atoms with E-state index in [1.54, 1.807) is 4.90 Å². The van der Waals surface area contributed by atoms with Crippen LogP contribution in [0.4, 0.5) is 10.2 Å². The van der Waals surface area contributed by atoms with Gasteiger partial charge >= 0.3 is 0 Å². The molecule has 1 aromatic heterocycles. The fourth-order valence-corrected chi connectivity index (χ4v) is 2.38. The van der Waals surface area contributed by atoms with Gasteiger partial charge in [-0.1, -0.05) is 6.42 Å². The van der Waals surface area contributed by atoms with Gasteiger partial charge in [0.25, 0.3) is 0 Å². The second-order valence-electron chi connectivity index (χ2n) is 4.80. The highest BCUT2D eigenvalue weighted by molar-refractivity contribution is 5.82. The van der Waals surface area contributed by atoms with Gasteiger partial charge in [-0.25, -0.2) is 14.4 Å². The van der Waals surface area contributed by atoms with E-state index in [1.807, 2.05) is 0 Å². The monoisotopic (exact) mass is 250 g/mol. The number of nitrogens with zero attached hydrogens (tertiary/aromatic N) is 3. The number of carbonyl (C=O) groups excluding carboxylic acids is 1. The lowest BCUT2D eigenvalue weighted by molar-refractivity contribution is -0.120. The molecule has 0 spiro atoms. The number of nitrogens with one attached hydrogen (secondary N) is 1. The molecule has 1 saturated heterocycles. The summed E-state index contributed by atoms with van der Waals surface area (Å²) < 4.78 is 14.4. The van der Waals surface area contributed by atoms with Crippen LogP contribution < -0.4 is 10.2 Å². The number of hydrogen-bond acceptors (Lipinski definition) is 4. The first-order valence-corrected chi connectivity index (χ1v) is 6.28. The Kier molecular flexibility index (Phi) is 2.85. The molecule has 0 unspecified atom stereocenters. The Labute approximate surface area is 104 Å². The Hall–Kier alpha value is -1.72. The molecule has 2 fully saturated rings. The van der Waals surface area contributed by atoms with Crippen molar-refractivity contribution in [1.82, 2.24) is 15.3 Å². The first kappa shape index (κ1) is 11.4. The van der Waals surface area contributed by atoms with Gasteiger partial charge in [0.1, 0.15) is 6.33 Å². The van der Waals surface area contributed by atoms with Crippen LogP contribution in [0.15, 0.2) is 6.33 Å². The minimum absolute atomic E-state index is 0.0931. The Morgan fingerprint density at radius 1 is 1.39 bits per heavy atom. The molecule has 6 heteroatoms. The van der Waals surface area contributed by atoms with Crippen molar-refractivity contribution in [3.63, 3.8) is 0 Å². The Morgan fingerprint density at radius 3 is 2.89 bits per heavy atom. The van der Waals surface area contributed by atoms with Gasteiger partial charge < -0.3 is 10.2 Å². The third-order valence-electron chi connectivity index (χ3n) is 3.63. The number of piperazine rings is 1. The van der Waals surface area contributed by atoms with E-state index in [1.165, 1.54) is 6.33 Å².